The first-order chi connectivity index (χ1) is 15.8. The molecule has 0 radical (unpaired) electrons. The average molecular weight is 593 g/mol. The van der Waals surface area contributed by atoms with Crippen molar-refractivity contribution < 1.29 is 18.0 Å². The van der Waals surface area contributed by atoms with Gasteiger partial charge < -0.3 is 10.2 Å². The Morgan fingerprint density at radius 2 is 1.76 bits per heavy atom. The first-order valence-corrected chi connectivity index (χ1v) is 13.9. The highest BCUT2D eigenvalue weighted by atomic mass is 79.9. The minimum Gasteiger partial charge on any atom is -0.354 e. The first kappa shape index (κ1) is 28.4. The number of carbonyl (C=O) groups excluding carboxylic acids is 2. The number of sulfonamides is 1. The lowest BCUT2D eigenvalue weighted by atomic mass is 10.1. The van der Waals surface area contributed by atoms with Crippen LogP contribution in [0.3, 0.4) is 0 Å². The molecule has 0 fully saturated rings. The van der Waals surface area contributed by atoms with Crippen LogP contribution < -0.4 is 9.62 Å². The Bertz CT molecular complexity index is 1140. The van der Waals surface area contributed by atoms with E-state index in [0.29, 0.717) is 6.54 Å². The number of benzene rings is 2. The van der Waals surface area contributed by atoms with Gasteiger partial charge in [-0.05, 0) is 48.7 Å². The molecule has 1 N–H and O–H groups in total. The predicted molar refractivity (Wildman–Crippen MR) is 141 cm³/mol. The second-order valence-electron chi connectivity index (χ2n) is 8.33. The van der Waals surface area contributed by atoms with Gasteiger partial charge in [-0.25, -0.2) is 8.42 Å². The van der Waals surface area contributed by atoms with Crippen molar-refractivity contribution in [3.63, 3.8) is 0 Å². The number of hydrogen-bond acceptors (Lipinski definition) is 4. The maximum absolute atomic E-state index is 13.5. The zero-order valence-electron chi connectivity index (χ0n) is 19.4. The Balaban J connectivity index is 2.41. The summed E-state index contributed by atoms with van der Waals surface area (Å²) in [5.74, 6) is -0.659. The predicted octanol–water partition coefficient (Wildman–Crippen LogP) is 4.71. The molecule has 2 rings (SSSR count). The number of hydrogen-bond donors (Lipinski definition) is 1. The van der Waals surface area contributed by atoms with Crippen molar-refractivity contribution >= 4 is 66.7 Å². The Kier molecular flexibility index (Phi) is 10.2. The smallest absolute Gasteiger partial charge is 0.244 e. The fraction of sp³-hybridized carbons (Fsp3) is 0.391. The molecule has 0 aliphatic heterocycles. The standard InChI is InChI=1S/C23H28BrCl2N3O4S/c1-15(2)12-27-23(31)16(3)28(13-17-6-5-7-18(24)10-17)22(30)14-29(34(4,32)33)21-11-19(25)8-9-20(21)26/h5-11,15-16H,12-14H2,1-4H3,(H,27,31)/t16-/m0/s1. The van der Waals surface area contributed by atoms with Gasteiger partial charge in [-0.1, -0.05) is 65.1 Å². The average Bonchev–Trinajstić information content (AvgIpc) is 2.74. The van der Waals surface area contributed by atoms with Crippen LogP contribution in [0.5, 0.6) is 0 Å². The maximum Gasteiger partial charge on any atom is 0.244 e. The van der Waals surface area contributed by atoms with E-state index >= 15 is 0 Å². The summed E-state index contributed by atoms with van der Waals surface area (Å²) >= 11 is 15.7. The topological polar surface area (TPSA) is 86.8 Å². The molecule has 0 saturated heterocycles. The van der Waals surface area contributed by atoms with Gasteiger partial charge in [0.25, 0.3) is 0 Å². The molecule has 7 nitrogen and oxygen atoms in total. The van der Waals surface area contributed by atoms with E-state index in [2.05, 4.69) is 21.2 Å². The molecule has 0 aliphatic carbocycles. The first-order valence-electron chi connectivity index (χ1n) is 10.5. The van der Waals surface area contributed by atoms with Crippen LogP contribution in [-0.2, 0) is 26.2 Å². The molecule has 1 atom stereocenters. The van der Waals surface area contributed by atoms with Crippen LogP contribution in [0.25, 0.3) is 0 Å². The Labute approximate surface area is 219 Å². The summed E-state index contributed by atoms with van der Waals surface area (Å²) in [5.41, 5.74) is 0.863. The zero-order valence-corrected chi connectivity index (χ0v) is 23.3. The van der Waals surface area contributed by atoms with E-state index in [4.69, 9.17) is 23.2 Å². The molecule has 186 valence electrons. The van der Waals surface area contributed by atoms with Crippen LogP contribution in [-0.4, -0.2) is 50.5 Å². The summed E-state index contributed by atoms with van der Waals surface area (Å²) in [6.07, 6.45) is 0.981. The number of anilines is 1. The largest absolute Gasteiger partial charge is 0.354 e. The molecule has 0 aromatic heterocycles. The highest BCUT2D eigenvalue weighted by molar-refractivity contribution is 9.10. The number of nitrogens with one attached hydrogen (secondary N) is 1. The van der Waals surface area contributed by atoms with E-state index in [1.165, 1.54) is 23.1 Å². The fourth-order valence-corrected chi connectivity index (χ4v) is 4.87. The molecule has 0 heterocycles. The fourth-order valence-electron chi connectivity index (χ4n) is 3.14. The quantitative estimate of drug-likeness (QED) is 0.433. The van der Waals surface area contributed by atoms with Crippen LogP contribution in [0.1, 0.15) is 26.3 Å². The molecule has 34 heavy (non-hydrogen) atoms. The van der Waals surface area contributed by atoms with Crippen LogP contribution in [0.4, 0.5) is 5.69 Å². The number of nitrogens with zero attached hydrogens (tertiary/aromatic N) is 2. The molecule has 11 heteroatoms. The van der Waals surface area contributed by atoms with Crippen LogP contribution >= 0.6 is 39.1 Å². The molecule has 0 saturated carbocycles. The van der Waals surface area contributed by atoms with Gasteiger partial charge in [0, 0.05) is 22.6 Å². The minimum absolute atomic E-state index is 0.0873. The van der Waals surface area contributed by atoms with Gasteiger partial charge in [0.15, 0.2) is 0 Å². The van der Waals surface area contributed by atoms with Crippen LogP contribution in [0.2, 0.25) is 10.0 Å². The maximum atomic E-state index is 13.5. The van der Waals surface area contributed by atoms with Gasteiger partial charge in [0.2, 0.25) is 21.8 Å². The molecule has 2 aromatic carbocycles. The second kappa shape index (κ2) is 12.2. The lowest BCUT2D eigenvalue weighted by Crippen LogP contribution is -2.51. The van der Waals surface area contributed by atoms with Gasteiger partial charge in [0.05, 0.1) is 17.0 Å². The highest BCUT2D eigenvalue weighted by Crippen LogP contribution is 2.31. The Morgan fingerprint density at radius 1 is 1.09 bits per heavy atom. The summed E-state index contributed by atoms with van der Waals surface area (Å²) in [7, 11) is -3.90. The number of rotatable bonds is 10. The van der Waals surface area contributed by atoms with Crippen LogP contribution in [0, 0.1) is 5.92 Å². The second-order valence-corrected chi connectivity index (χ2v) is 12.0. The Morgan fingerprint density at radius 3 is 2.35 bits per heavy atom. The SMILES string of the molecule is CC(C)CNC(=O)[C@H](C)N(Cc1cccc(Br)c1)C(=O)CN(c1cc(Cl)ccc1Cl)S(C)(=O)=O. The van der Waals surface area contributed by atoms with E-state index in [0.717, 1.165) is 20.6 Å². The third-order valence-electron chi connectivity index (χ3n) is 4.95. The molecule has 0 unspecified atom stereocenters. The molecular formula is C23H28BrCl2N3O4S. The summed E-state index contributed by atoms with van der Waals surface area (Å²) in [6.45, 7) is 5.56. The molecule has 2 aromatic rings. The van der Waals surface area contributed by atoms with Crippen molar-refractivity contribution in [3.05, 3.63) is 62.5 Å². The van der Waals surface area contributed by atoms with Gasteiger partial charge >= 0.3 is 0 Å². The summed E-state index contributed by atoms with van der Waals surface area (Å²) in [4.78, 5) is 27.7. The summed E-state index contributed by atoms with van der Waals surface area (Å²) in [5, 5.41) is 3.23. The lowest BCUT2D eigenvalue weighted by Gasteiger charge is -2.32. The number of carbonyl (C=O) groups is 2. The van der Waals surface area contributed by atoms with E-state index < -0.39 is 28.5 Å². The van der Waals surface area contributed by atoms with E-state index in [-0.39, 0.29) is 34.1 Å². The highest BCUT2D eigenvalue weighted by Gasteiger charge is 2.31. The van der Waals surface area contributed by atoms with E-state index in [9.17, 15) is 18.0 Å². The van der Waals surface area contributed by atoms with Gasteiger partial charge in [-0.3, -0.25) is 13.9 Å². The Hall–Kier alpha value is -1.81. The zero-order chi connectivity index (χ0) is 25.6. The summed E-state index contributed by atoms with van der Waals surface area (Å²) < 4.78 is 26.9. The van der Waals surface area contributed by atoms with Crippen molar-refractivity contribution in [1.82, 2.24) is 10.2 Å². The monoisotopic (exact) mass is 591 g/mol. The molecule has 0 aliphatic rings. The molecule has 2 amide bonds. The molecular weight excluding hydrogens is 565 g/mol. The van der Waals surface area contributed by atoms with E-state index in [1.807, 2.05) is 38.1 Å². The van der Waals surface area contributed by atoms with Gasteiger partial charge in [0.1, 0.15) is 12.6 Å². The lowest BCUT2D eigenvalue weighted by molar-refractivity contribution is -0.139. The van der Waals surface area contributed by atoms with Crippen LogP contribution in [0.15, 0.2) is 46.9 Å². The third-order valence-corrected chi connectivity index (χ3v) is 7.12. The third kappa shape index (κ3) is 8.15. The minimum atomic E-state index is -3.90. The normalized spacial score (nSPS) is 12.4. The summed E-state index contributed by atoms with van der Waals surface area (Å²) in [6, 6.07) is 10.9. The molecule has 0 spiro atoms. The van der Waals surface area contributed by atoms with Crippen molar-refractivity contribution in [2.24, 2.45) is 5.92 Å². The molecule has 0 bridgehead atoms. The van der Waals surface area contributed by atoms with Gasteiger partial charge in [-0.2, -0.15) is 0 Å². The van der Waals surface area contributed by atoms with Gasteiger partial charge in [-0.15, -0.1) is 0 Å². The van der Waals surface area contributed by atoms with Crippen molar-refractivity contribution in [3.8, 4) is 0 Å². The number of halogens is 3. The van der Waals surface area contributed by atoms with Crippen molar-refractivity contribution in [2.45, 2.75) is 33.4 Å². The van der Waals surface area contributed by atoms with Crippen molar-refractivity contribution in [1.29, 1.82) is 0 Å². The van der Waals surface area contributed by atoms with E-state index in [1.54, 1.807) is 6.92 Å². The van der Waals surface area contributed by atoms with Crippen molar-refractivity contribution in [2.75, 3.05) is 23.7 Å². The number of amides is 2.